The van der Waals surface area contributed by atoms with Gasteiger partial charge < -0.3 is 9.84 Å². The van der Waals surface area contributed by atoms with E-state index < -0.39 is 46.8 Å². The zero-order valence-corrected chi connectivity index (χ0v) is 16.9. The molecule has 0 radical (unpaired) electrons. The van der Waals surface area contributed by atoms with Crippen molar-refractivity contribution < 1.29 is 37.0 Å². The molecule has 0 bridgehead atoms. The maximum Gasteiger partial charge on any atom is 0.313 e. The van der Waals surface area contributed by atoms with Gasteiger partial charge >= 0.3 is 5.97 Å². The third-order valence-corrected chi connectivity index (χ3v) is 5.01. The van der Waals surface area contributed by atoms with Crippen molar-refractivity contribution in [3.05, 3.63) is 64.4 Å². The molecule has 9 heteroatoms. The molecule has 164 valence electrons. The van der Waals surface area contributed by atoms with Crippen molar-refractivity contribution in [2.24, 2.45) is 0 Å². The van der Waals surface area contributed by atoms with Gasteiger partial charge in [-0.3, -0.25) is 14.2 Å². The highest BCUT2D eigenvalue weighted by Gasteiger charge is 2.31. The molecule has 1 N–H and O–H groups in total. The van der Waals surface area contributed by atoms with E-state index >= 15 is 0 Å². The Hall–Kier alpha value is -3.36. The summed E-state index contributed by atoms with van der Waals surface area (Å²) in [7, 11) is 0. The minimum atomic E-state index is -1.35. The summed E-state index contributed by atoms with van der Waals surface area (Å²) in [5.41, 5.74) is -0.472. The van der Waals surface area contributed by atoms with Crippen LogP contribution >= 0.6 is 0 Å². The smallest absolute Gasteiger partial charge is 0.313 e. The lowest BCUT2D eigenvalue weighted by Crippen LogP contribution is -2.17. The fourth-order valence-electron chi connectivity index (χ4n) is 3.51. The molecule has 0 aliphatic heterocycles. The lowest BCUT2D eigenvalue weighted by Gasteiger charge is -2.13. The Labute approximate surface area is 174 Å². The van der Waals surface area contributed by atoms with Crippen LogP contribution in [0.25, 0.3) is 10.9 Å². The van der Waals surface area contributed by atoms with E-state index in [1.54, 1.807) is 6.92 Å². The van der Waals surface area contributed by atoms with Crippen LogP contribution in [0.2, 0.25) is 0 Å². The van der Waals surface area contributed by atoms with Gasteiger partial charge in [0.2, 0.25) is 0 Å². The predicted molar refractivity (Wildman–Crippen MR) is 104 cm³/mol. The van der Waals surface area contributed by atoms with Gasteiger partial charge in [-0.15, -0.1) is 0 Å². The van der Waals surface area contributed by atoms with E-state index in [0.717, 1.165) is 22.8 Å². The molecule has 0 unspecified atom stereocenters. The Balaban J connectivity index is 2.29. The average Bonchev–Trinajstić information content (AvgIpc) is 3.02. The first-order valence-electron chi connectivity index (χ1n) is 9.48. The molecule has 0 aliphatic rings. The van der Waals surface area contributed by atoms with E-state index in [9.17, 15) is 32.3 Å². The quantitative estimate of drug-likeness (QED) is 0.453. The highest BCUT2D eigenvalue weighted by Crippen LogP contribution is 2.39. The molecule has 1 aromatic heterocycles. The number of phenols is 1. The van der Waals surface area contributed by atoms with Gasteiger partial charge in [0, 0.05) is 22.7 Å². The van der Waals surface area contributed by atoms with Crippen LogP contribution in [-0.2, 0) is 9.53 Å². The number of carbonyl (C=O) groups excluding carboxylic acids is 2. The maximum absolute atomic E-state index is 14.9. The number of hydrogen-bond acceptors (Lipinski definition) is 4. The van der Waals surface area contributed by atoms with Gasteiger partial charge in [0.15, 0.2) is 29.0 Å². The van der Waals surface area contributed by atoms with Gasteiger partial charge in [0.1, 0.15) is 0 Å². The molecule has 0 spiro atoms. The number of ether oxygens (including phenoxy) is 1. The first kappa shape index (κ1) is 22.3. The standard InChI is InChI=1S/C22H19F4NO4/c1-4-7-31-22(30)10(2)17-11(3)27(16-9-15(25)20(28)19(26)18(16)17)21(29)12-5-6-13(23)14(24)8-12/h5-6,8-10,28H,4,7H2,1-3H3/t10-/m0/s1. The third-order valence-electron chi connectivity index (χ3n) is 5.01. The van der Waals surface area contributed by atoms with Crippen LogP contribution in [0.3, 0.4) is 0 Å². The summed E-state index contributed by atoms with van der Waals surface area (Å²) in [4.78, 5) is 25.5. The Morgan fingerprint density at radius 3 is 2.39 bits per heavy atom. The highest BCUT2D eigenvalue weighted by molar-refractivity contribution is 6.05. The van der Waals surface area contributed by atoms with Crippen LogP contribution in [0.5, 0.6) is 5.75 Å². The summed E-state index contributed by atoms with van der Waals surface area (Å²) in [6.45, 7) is 4.73. The van der Waals surface area contributed by atoms with Gasteiger partial charge in [-0.1, -0.05) is 6.92 Å². The number of carbonyl (C=O) groups is 2. The summed E-state index contributed by atoms with van der Waals surface area (Å²) in [6.07, 6.45) is 0.550. The van der Waals surface area contributed by atoms with Gasteiger partial charge in [-0.05, 0) is 44.0 Å². The van der Waals surface area contributed by atoms with Crippen molar-refractivity contribution in [3.8, 4) is 5.75 Å². The number of aromatic hydroxyl groups is 1. The van der Waals surface area contributed by atoms with Crippen molar-refractivity contribution in [1.29, 1.82) is 0 Å². The first-order chi connectivity index (χ1) is 14.6. The largest absolute Gasteiger partial charge is 0.503 e. The number of rotatable bonds is 5. The Bertz CT molecular complexity index is 1200. The molecule has 2 aromatic carbocycles. The Morgan fingerprint density at radius 2 is 1.77 bits per heavy atom. The number of hydrogen-bond donors (Lipinski definition) is 1. The Morgan fingerprint density at radius 1 is 1.10 bits per heavy atom. The number of nitrogens with zero attached hydrogens (tertiary/aromatic N) is 1. The van der Waals surface area contributed by atoms with E-state index in [-0.39, 0.29) is 34.3 Å². The second-order valence-electron chi connectivity index (χ2n) is 7.07. The Kier molecular flexibility index (Phi) is 6.06. The second kappa shape index (κ2) is 8.41. The molecule has 1 heterocycles. The fraction of sp³-hybridized carbons (Fsp3) is 0.273. The van der Waals surface area contributed by atoms with E-state index in [4.69, 9.17) is 4.74 Å². The van der Waals surface area contributed by atoms with Crippen LogP contribution in [0.15, 0.2) is 24.3 Å². The third kappa shape index (κ3) is 3.75. The van der Waals surface area contributed by atoms with Crippen molar-refractivity contribution in [2.75, 3.05) is 6.61 Å². The summed E-state index contributed by atoms with van der Waals surface area (Å²) in [5, 5.41) is 9.42. The van der Waals surface area contributed by atoms with Crippen LogP contribution in [0.1, 0.15) is 47.8 Å². The highest BCUT2D eigenvalue weighted by atomic mass is 19.2. The molecule has 0 aliphatic carbocycles. The minimum Gasteiger partial charge on any atom is -0.503 e. The molecular formula is C22H19F4NO4. The van der Waals surface area contributed by atoms with E-state index in [1.807, 2.05) is 0 Å². The molecule has 0 saturated carbocycles. The van der Waals surface area contributed by atoms with Crippen LogP contribution in [-0.4, -0.2) is 28.2 Å². The number of aromatic nitrogens is 1. The van der Waals surface area contributed by atoms with Crippen LogP contribution in [0, 0.1) is 30.2 Å². The summed E-state index contributed by atoms with van der Waals surface area (Å²) < 4.78 is 62.0. The summed E-state index contributed by atoms with van der Waals surface area (Å²) in [5.74, 6) is -9.03. The zero-order chi connectivity index (χ0) is 23.0. The number of halogens is 4. The summed E-state index contributed by atoms with van der Waals surface area (Å²) >= 11 is 0. The van der Waals surface area contributed by atoms with Crippen LogP contribution in [0.4, 0.5) is 17.6 Å². The molecular weight excluding hydrogens is 418 g/mol. The summed E-state index contributed by atoms with van der Waals surface area (Å²) in [6, 6.07) is 3.18. The molecule has 1 atom stereocenters. The lowest BCUT2D eigenvalue weighted by atomic mass is 9.97. The SMILES string of the molecule is CCCOC(=O)[C@@H](C)c1c(C)n(C(=O)c2ccc(F)c(F)c2)c2cc(F)c(O)c(F)c12. The minimum absolute atomic E-state index is 0.0137. The molecule has 5 nitrogen and oxygen atoms in total. The zero-order valence-electron chi connectivity index (χ0n) is 16.9. The molecule has 0 amide bonds. The second-order valence-corrected chi connectivity index (χ2v) is 7.07. The van der Waals surface area contributed by atoms with Gasteiger partial charge in [0.25, 0.3) is 5.91 Å². The molecule has 0 saturated heterocycles. The van der Waals surface area contributed by atoms with Gasteiger partial charge in [-0.2, -0.15) is 0 Å². The monoisotopic (exact) mass is 437 g/mol. The van der Waals surface area contributed by atoms with Gasteiger partial charge in [-0.25, -0.2) is 17.6 Å². The fourth-order valence-corrected chi connectivity index (χ4v) is 3.51. The lowest BCUT2D eigenvalue weighted by molar-refractivity contribution is -0.145. The van der Waals surface area contributed by atoms with Crippen molar-refractivity contribution in [2.45, 2.75) is 33.1 Å². The number of phenolic OH excluding ortho intramolecular Hbond substituents is 1. The topological polar surface area (TPSA) is 68.5 Å². The molecule has 3 rings (SSSR count). The van der Waals surface area contributed by atoms with E-state index in [1.165, 1.54) is 13.8 Å². The van der Waals surface area contributed by atoms with Crippen molar-refractivity contribution >= 4 is 22.8 Å². The normalized spacial score (nSPS) is 12.2. The molecule has 0 fully saturated rings. The predicted octanol–water partition coefficient (Wildman–Crippen LogP) is 4.96. The number of esters is 1. The van der Waals surface area contributed by atoms with E-state index in [2.05, 4.69) is 0 Å². The molecule has 3 aromatic rings. The average molecular weight is 437 g/mol. The molecule has 31 heavy (non-hydrogen) atoms. The van der Waals surface area contributed by atoms with Gasteiger partial charge in [0.05, 0.1) is 18.0 Å². The van der Waals surface area contributed by atoms with Crippen LogP contribution < -0.4 is 0 Å². The number of benzene rings is 2. The first-order valence-corrected chi connectivity index (χ1v) is 9.48. The van der Waals surface area contributed by atoms with E-state index in [0.29, 0.717) is 12.5 Å². The van der Waals surface area contributed by atoms with Crippen molar-refractivity contribution in [1.82, 2.24) is 4.57 Å². The van der Waals surface area contributed by atoms with Crippen molar-refractivity contribution in [3.63, 3.8) is 0 Å². The maximum atomic E-state index is 14.9. The number of fused-ring (bicyclic) bond motifs is 1.